The highest BCUT2D eigenvalue weighted by Gasteiger charge is 2.18. The van der Waals surface area contributed by atoms with Crippen molar-refractivity contribution in [1.82, 2.24) is 0 Å². The van der Waals surface area contributed by atoms with Gasteiger partial charge in [0, 0.05) is 18.9 Å². The fourth-order valence-electron chi connectivity index (χ4n) is 1.80. The normalized spacial score (nSPS) is 11.3. The fraction of sp³-hybridized carbons (Fsp3) is 0.231. The number of thiophene rings is 1. The van der Waals surface area contributed by atoms with Crippen molar-refractivity contribution in [2.45, 2.75) is 18.4 Å². The number of nitro benzene ring substituents is 1. The van der Waals surface area contributed by atoms with E-state index in [1.54, 1.807) is 11.3 Å². The van der Waals surface area contributed by atoms with E-state index in [4.69, 9.17) is 0 Å². The summed E-state index contributed by atoms with van der Waals surface area (Å²) < 4.78 is 22.9. The lowest BCUT2D eigenvalue weighted by atomic mass is 10.2. The van der Waals surface area contributed by atoms with Crippen LogP contribution in [0.2, 0.25) is 0 Å². The average Bonchev–Trinajstić information content (AvgIpc) is 2.80. The number of nitrogens with one attached hydrogen (secondary N) is 1. The van der Waals surface area contributed by atoms with Gasteiger partial charge in [-0.3, -0.25) is 10.1 Å². The van der Waals surface area contributed by atoms with Gasteiger partial charge in [0.05, 0.1) is 9.82 Å². The molecule has 0 amide bonds. The summed E-state index contributed by atoms with van der Waals surface area (Å²) in [5.41, 5.74) is 2.23. The first-order valence-corrected chi connectivity index (χ1v) is 8.86. The van der Waals surface area contributed by atoms with Crippen LogP contribution in [-0.2, 0) is 16.4 Å². The Labute approximate surface area is 126 Å². The quantitative estimate of drug-likeness (QED) is 0.674. The highest BCUT2D eigenvalue weighted by Crippen LogP contribution is 2.28. The van der Waals surface area contributed by atoms with Crippen molar-refractivity contribution in [3.8, 4) is 0 Å². The third kappa shape index (κ3) is 3.59. The zero-order chi connectivity index (χ0) is 15.6. The highest BCUT2D eigenvalue weighted by molar-refractivity contribution is 7.90. The second-order valence-electron chi connectivity index (χ2n) is 4.64. The lowest BCUT2D eigenvalue weighted by Gasteiger charge is -2.08. The van der Waals surface area contributed by atoms with Gasteiger partial charge < -0.3 is 5.32 Å². The maximum atomic E-state index is 11.5. The molecule has 0 aliphatic carbocycles. The molecule has 0 radical (unpaired) electrons. The number of aryl methyl sites for hydroxylation is 1. The first kappa shape index (κ1) is 15.5. The molecular formula is C13H14N2O4S2. The minimum absolute atomic E-state index is 0.0635. The fourth-order valence-corrected chi connectivity index (χ4v) is 3.30. The average molecular weight is 326 g/mol. The highest BCUT2D eigenvalue weighted by atomic mass is 32.2. The molecule has 8 heteroatoms. The number of sulfone groups is 1. The SMILES string of the molecule is Cc1cscc1CNc1ccc(S(C)(=O)=O)cc1[N+](=O)[O-]. The van der Waals surface area contributed by atoms with Crippen molar-refractivity contribution < 1.29 is 13.3 Å². The number of benzene rings is 1. The lowest BCUT2D eigenvalue weighted by molar-refractivity contribution is -0.384. The molecule has 0 fully saturated rings. The predicted molar refractivity (Wildman–Crippen MR) is 82.6 cm³/mol. The second kappa shape index (κ2) is 5.82. The molecule has 21 heavy (non-hydrogen) atoms. The van der Waals surface area contributed by atoms with Crippen LogP contribution < -0.4 is 5.32 Å². The third-order valence-electron chi connectivity index (χ3n) is 3.02. The number of nitrogens with zero attached hydrogens (tertiary/aromatic N) is 1. The first-order chi connectivity index (χ1) is 9.79. The van der Waals surface area contributed by atoms with Crippen molar-refractivity contribution in [2.24, 2.45) is 0 Å². The molecule has 0 atom stereocenters. The zero-order valence-corrected chi connectivity index (χ0v) is 13.1. The summed E-state index contributed by atoms with van der Waals surface area (Å²) in [4.78, 5) is 10.5. The molecular weight excluding hydrogens is 312 g/mol. The Morgan fingerprint density at radius 3 is 2.57 bits per heavy atom. The molecule has 2 aromatic rings. The van der Waals surface area contributed by atoms with Crippen molar-refractivity contribution in [3.63, 3.8) is 0 Å². The standard InChI is InChI=1S/C13H14N2O4S2/c1-9-7-20-8-10(9)6-14-12-4-3-11(21(2,18)19)5-13(12)15(16)17/h3-5,7-8,14H,6H2,1-2H3. The van der Waals surface area contributed by atoms with Gasteiger partial charge in [-0.15, -0.1) is 0 Å². The molecule has 1 aromatic carbocycles. The van der Waals surface area contributed by atoms with Crippen LogP contribution in [0.25, 0.3) is 0 Å². The van der Waals surface area contributed by atoms with Gasteiger partial charge in [-0.2, -0.15) is 11.3 Å². The van der Waals surface area contributed by atoms with Gasteiger partial charge in [-0.25, -0.2) is 8.42 Å². The zero-order valence-electron chi connectivity index (χ0n) is 11.5. The molecule has 0 aliphatic rings. The third-order valence-corrected chi connectivity index (χ3v) is 5.05. The van der Waals surface area contributed by atoms with Gasteiger partial charge in [0.1, 0.15) is 5.69 Å². The molecule has 1 aromatic heterocycles. The summed E-state index contributed by atoms with van der Waals surface area (Å²) in [5.74, 6) is 0. The van der Waals surface area contributed by atoms with E-state index in [0.29, 0.717) is 12.2 Å². The molecule has 0 spiro atoms. The van der Waals surface area contributed by atoms with E-state index in [-0.39, 0.29) is 10.6 Å². The van der Waals surface area contributed by atoms with E-state index in [1.165, 1.54) is 12.1 Å². The molecule has 0 unspecified atom stereocenters. The molecule has 6 nitrogen and oxygen atoms in total. The predicted octanol–water partition coefficient (Wildman–Crippen LogP) is 2.98. The van der Waals surface area contributed by atoms with Crippen LogP contribution in [0, 0.1) is 17.0 Å². The van der Waals surface area contributed by atoms with Crippen molar-refractivity contribution in [3.05, 3.63) is 50.2 Å². The largest absolute Gasteiger partial charge is 0.375 e. The van der Waals surface area contributed by atoms with Gasteiger partial charge in [0.15, 0.2) is 9.84 Å². The minimum Gasteiger partial charge on any atom is -0.375 e. The van der Waals surface area contributed by atoms with Crippen LogP contribution in [0.4, 0.5) is 11.4 Å². The topological polar surface area (TPSA) is 89.3 Å². The van der Waals surface area contributed by atoms with E-state index >= 15 is 0 Å². The van der Waals surface area contributed by atoms with Gasteiger partial charge in [0.25, 0.3) is 5.69 Å². The maximum absolute atomic E-state index is 11.5. The molecule has 1 heterocycles. The molecule has 112 valence electrons. The Hall–Kier alpha value is -1.93. The molecule has 0 saturated carbocycles. The Bertz CT molecular complexity index is 781. The van der Waals surface area contributed by atoms with E-state index in [0.717, 1.165) is 23.4 Å². The minimum atomic E-state index is -3.47. The molecule has 0 bridgehead atoms. The molecule has 1 N–H and O–H groups in total. The summed E-state index contributed by atoms with van der Waals surface area (Å²) >= 11 is 1.56. The van der Waals surface area contributed by atoms with Crippen LogP contribution in [0.5, 0.6) is 0 Å². The summed E-state index contributed by atoms with van der Waals surface area (Å²) in [6.07, 6.45) is 1.02. The van der Waals surface area contributed by atoms with Crippen LogP contribution in [0.15, 0.2) is 33.9 Å². The van der Waals surface area contributed by atoms with Crippen LogP contribution in [0.3, 0.4) is 0 Å². The van der Waals surface area contributed by atoms with Gasteiger partial charge in [0.2, 0.25) is 0 Å². The monoisotopic (exact) mass is 326 g/mol. The molecule has 0 saturated heterocycles. The van der Waals surface area contributed by atoms with Crippen molar-refractivity contribution in [1.29, 1.82) is 0 Å². The Kier molecular flexibility index (Phi) is 4.29. The summed E-state index contributed by atoms with van der Waals surface area (Å²) in [5, 5.41) is 18.1. The van der Waals surface area contributed by atoms with E-state index < -0.39 is 14.8 Å². The second-order valence-corrected chi connectivity index (χ2v) is 7.40. The van der Waals surface area contributed by atoms with Crippen molar-refractivity contribution in [2.75, 3.05) is 11.6 Å². The number of nitro groups is 1. The van der Waals surface area contributed by atoms with Crippen LogP contribution in [0.1, 0.15) is 11.1 Å². The summed E-state index contributed by atoms with van der Waals surface area (Å²) in [6.45, 7) is 2.42. The maximum Gasteiger partial charge on any atom is 0.293 e. The number of hydrogen-bond acceptors (Lipinski definition) is 6. The number of hydrogen-bond donors (Lipinski definition) is 1. The van der Waals surface area contributed by atoms with Crippen LogP contribution >= 0.6 is 11.3 Å². The van der Waals surface area contributed by atoms with Crippen LogP contribution in [-0.4, -0.2) is 19.6 Å². The number of rotatable bonds is 5. The Morgan fingerprint density at radius 2 is 2.05 bits per heavy atom. The number of anilines is 1. The van der Waals surface area contributed by atoms with Gasteiger partial charge in [-0.1, -0.05) is 0 Å². The van der Waals surface area contributed by atoms with E-state index in [1.807, 2.05) is 17.7 Å². The summed E-state index contributed by atoms with van der Waals surface area (Å²) in [7, 11) is -3.47. The lowest BCUT2D eigenvalue weighted by Crippen LogP contribution is -2.05. The molecule has 0 aliphatic heterocycles. The van der Waals surface area contributed by atoms with Gasteiger partial charge in [-0.05, 0) is 40.9 Å². The van der Waals surface area contributed by atoms with E-state index in [2.05, 4.69) is 5.32 Å². The Morgan fingerprint density at radius 1 is 1.33 bits per heavy atom. The Balaban J connectivity index is 2.31. The van der Waals surface area contributed by atoms with Crippen molar-refractivity contribution >= 4 is 32.5 Å². The first-order valence-electron chi connectivity index (χ1n) is 6.03. The summed E-state index contributed by atoms with van der Waals surface area (Å²) in [6, 6.07) is 3.87. The van der Waals surface area contributed by atoms with E-state index in [9.17, 15) is 18.5 Å². The van der Waals surface area contributed by atoms with Gasteiger partial charge >= 0.3 is 0 Å². The smallest absolute Gasteiger partial charge is 0.293 e. The molecule has 2 rings (SSSR count).